The van der Waals surface area contributed by atoms with Crippen LogP contribution < -0.4 is 4.90 Å². The Balaban J connectivity index is 1.39. The molecule has 2 fully saturated rings. The second kappa shape index (κ2) is 11.0. The first-order valence-electron chi connectivity index (χ1n) is 11.8. The summed E-state index contributed by atoms with van der Waals surface area (Å²) < 4.78 is 19.1. The number of ether oxygens (including phenoxy) is 1. The number of rotatable bonds is 7. The van der Waals surface area contributed by atoms with E-state index in [1.54, 1.807) is 18.2 Å². The number of para-hydroxylation sites is 1. The van der Waals surface area contributed by atoms with Crippen molar-refractivity contribution in [2.75, 3.05) is 51.3 Å². The van der Waals surface area contributed by atoms with Crippen LogP contribution in [0.3, 0.4) is 0 Å². The summed E-state index contributed by atoms with van der Waals surface area (Å²) >= 11 is 0. The predicted molar refractivity (Wildman–Crippen MR) is 127 cm³/mol. The van der Waals surface area contributed by atoms with E-state index in [-0.39, 0.29) is 17.5 Å². The van der Waals surface area contributed by atoms with Gasteiger partial charge in [0.1, 0.15) is 11.6 Å². The number of hydrogen-bond acceptors (Lipinski definition) is 6. The van der Waals surface area contributed by atoms with E-state index in [1.165, 1.54) is 18.7 Å². The van der Waals surface area contributed by atoms with Gasteiger partial charge in [0.25, 0.3) is 0 Å². The van der Waals surface area contributed by atoms with E-state index in [0.29, 0.717) is 24.1 Å². The maximum Gasteiger partial charge on any atom is 0.305 e. The van der Waals surface area contributed by atoms with Crippen molar-refractivity contribution in [2.24, 2.45) is 5.92 Å². The molecule has 2 atom stereocenters. The Hall–Kier alpha value is -2.64. The highest BCUT2D eigenvalue weighted by Crippen LogP contribution is 2.29. The number of carbonyl (C=O) groups is 1. The highest BCUT2D eigenvalue weighted by atomic mass is 19.1. The van der Waals surface area contributed by atoms with Gasteiger partial charge in [-0.25, -0.2) is 4.39 Å². The standard InChI is InChI=1S/C26H34FN3O3/c1-33-26(32)11-8-21-19-28(18-20-6-9-22(31)10-7-20)13-12-24(21)29-14-16-30(17-15-29)25-5-3-2-4-23(25)27/h2-7,9-10,21,24,31H,8,11-19H2,1H3/t21-,24+/m1/s1. The number of benzene rings is 2. The number of esters is 1. The largest absolute Gasteiger partial charge is 0.508 e. The zero-order valence-electron chi connectivity index (χ0n) is 19.3. The number of halogens is 1. The molecule has 4 rings (SSSR count). The number of piperazine rings is 1. The van der Waals surface area contributed by atoms with Gasteiger partial charge in [0.05, 0.1) is 12.8 Å². The van der Waals surface area contributed by atoms with Gasteiger partial charge >= 0.3 is 5.97 Å². The molecule has 0 amide bonds. The molecule has 0 unspecified atom stereocenters. The lowest BCUT2D eigenvalue weighted by molar-refractivity contribution is -0.141. The first-order valence-corrected chi connectivity index (χ1v) is 11.8. The zero-order valence-corrected chi connectivity index (χ0v) is 19.3. The quantitative estimate of drug-likeness (QED) is 0.645. The van der Waals surface area contributed by atoms with Crippen LogP contribution in [0.2, 0.25) is 0 Å². The monoisotopic (exact) mass is 455 g/mol. The first kappa shape index (κ1) is 23.5. The van der Waals surface area contributed by atoms with Crippen molar-refractivity contribution >= 4 is 11.7 Å². The maximum atomic E-state index is 14.2. The molecule has 7 heteroatoms. The van der Waals surface area contributed by atoms with Crippen molar-refractivity contribution < 1.29 is 19.0 Å². The van der Waals surface area contributed by atoms with E-state index in [1.807, 2.05) is 24.3 Å². The average molecular weight is 456 g/mol. The van der Waals surface area contributed by atoms with Crippen molar-refractivity contribution in [3.63, 3.8) is 0 Å². The van der Waals surface area contributed by atoms with Crippen LogP contribution in [0.4, 0.5) is 10.1 Å². The molecule has 33 heavy (non-hydrogen) atoms. The molecule has 2 saturated heterocycles. The van der Waals surface area contributed by atoms with Crippen molar-refractivity contribution in [1.82, 2.24) is 9.80 Å². The number of methoxy groups -OCH3 is 1. The summed E-state index contributed by atoms with van der Waals surface area (Å²) in [6.45, 7) is 6.15. The molecule has 2 aromatic carbocycles. The molecule has 2 aliphatic rings. The third-order valence-corrected chi connectivity index (χ3v) is 7.04. The fourth-order valence-electron chi connectivity index (χ4n) is 5.27. The lowest BCUT2D eigenvalue weighted by Crippen LogP contribution is -2.56. The minimum atomic E-state index is -0.163. The third kappa shape index (κ3) is 6.03. The maximum absolute atomic E-state index is 14.2. The highest BCUT2D eigenvalue weighted by molar-refractivity contribution is 5.69. The zero-order chi connectivity index (χ0) is 23.2. The Morgan fingerprint density at radius 3 is 2.48 bits per heavy atom. The molecule has 2 heterocycles. The number of phenols is 1. The molecular weight excluding hydrogens is 421 g/mol. The highest BCUT2D eigenvalue weighted by Gasteiger charge is 2.35. The molecule has 178 valence electrons. The summed E-state index contributed by atoms with van der Waals surface area (Å²) in [7, 11) is 1.44. The van der Waals surface area contributed by atoms with Crippen LogP contribution in [0.15, 0.2) is 48.5 Å². The van der Waals surface area contributed by atoms with E-state index < -0.39 is 0 Å². The van der Waals surface area contributed by atoms with Crippen LogP contribution in [-0.2, 0) is 16.1 Å². The third-order valence-electron chi connectivity index (χ3n) is 7.04. The van der Waals surface area contributed by atoms with Gasteiger partial charge in [0, 0.05) is 51.7 Å². The number of phenolic OH excluding ortho intramolecular Hbond substituents is 1. The summed E-state index contributed by atoms with van der Waals surface area (Å²) in [5.41, 5.74) is 1.86. The second-order valence-corrected chi connectivity index (χ2v) is 9.11. The van der Waals surface area contributed by atoms with Crippen LogP contribution in [0.5, 0.6) is 5.75 Å². The van der Waals surface area contributed by atoms with Crippen LogP contribution in [-0.4, -0.2) is 73.3 Å². The normalized spacial score (nSPS) is 22.3. The first-order chi connectivity index (χ1) is 16.0. The molecule has 0 radical (unpaired) electrons. The molecule has 0 aliphatic carbocycles. The van der Waals surface area contributed by atoms with Crippen molar-refractivity contribution in [1.29, 1.82) is 0 Å². The Morgan fingerprint density at radius 1 is 1.06 bits per heavy atom. The van der Waals surface area contributed by atoms with Gasteiger partial charge in [-0.3, -0.25) is 14.6 Å². The van der Waals surface area contributed by atoms with Crippen LogP contribution in [0, 0.1) is 11.7 Å². The van der Waals surface area contributed by atoms with Crippen molar-refractivity contribution in [2.45, 2.75) is 31.8 Å². The van der Waals surface area contributed by atoms with Crippen LogP contribution in [0.25, 0.3) is 0 Å². The lowest BCUT2D eigenvalue weighted by Gasteiger charge is -2.47. The van der Waals surface area contributed by atoms with E-state index in [9.17, 15) is 14.3 Å². The number of anilines is 1. The minimum absolute atomic E-state index is 0.159. The fourth-order valence-corrected chi connectivity index (χ4v) is 5.27. The molecule has 2 aromatic rings. The van der Waals surface area contributed by atoms with E-state index in [4.69, 9.17) is 4.74 Å². The number of aromatic hydroxyl groups is 1. The molecular formula is C26H34FN3O3. The van der Waals surface area contributed by atoms with Crippen molar-refractivity contribution in [3.8, 4) is 5.75 Å². The lowest BCUT2D eigenvalue weighted by atomic mass is 9.86. The summed E-state index contributed by atoms with van der Waals surface area (Å²) in [5, 5.41) is 9.55. The molecule has 2 aliphatic heterocycles. The molecule has 6 nitrogen and oxygen atoms in total. The van der Waals surface area contributed by atoms with E-state index in [0.717, 1.165) is 58.7 Å². The van der Waals surface area contributed by atoms with E-state index >= 15 is 0 Å². The van der Waals surface area contributed by atoms with Gasteiger partial charge in [-0.15, -0.1) is 0 Å². The van der Waals surface area contributed by atoms with Gasteiger partial charge < -0.3 is 14.7 Å². The number of piperidine rings is 1. The van der Waals surface area contributed by atoms with Crippen LogP contribution >= 0.6 is 0 Å². The van der Waals surface area contributed by atoms with Gasteiger partial charge in [-0.1, -0.05) is 24.3 Å². The molecule has 0 bridgehead atoms. The minimum Gasteiger partial charge on any atom is -0.508 e. The smallest absolute Gasteiger partial charge is 0.305 e. The Morgan fingerprint density at radius 2 is 1.79 bits per heavy atom. The Labute approximate surface area is 195 Å². The molecule has 0 aromatic heterocycles. The number of hydrogen-bond donors (Lipinski definition) is 1. The molecule has 0 spiro atoms. The van der Waals surface area contributed by atoms with Crippen molar-refractivity contribution in [3.05, 3.63) is 59.9 Å². The Kier molecular flexibility index (Phi) is 7.83. The van der Waals surface area contributed by atoms with E-state index in [2.05, 4.69) is 14.7 Å². The summed E-state index contributed by atoms with van der Waals surface area (Å²) in [4.78, 5) is 19.0. The van der Waals surface area contributed by atoms with Crippen LogP contribution in [0.1, 0.15) is 24.8 Å². The fraction of sp³-hybridized carbons (Fsp3) is 0.500. The topological polar surface area (TPSA) is 56.2 Å². The summed E-state index contributed by atoms with van der Waals surface area (Å²) in [5.74, 6) is 0.330. The number of likely N-dealkylation sites (tertiary alicyclic amines) is 1. The second-order valence-electron chi connectivity index (χ2n) is 9.11. The summed E-state index contributed by atoms with van der Waals surface area (Å²) in [6, 6.07) is 14.8. The SMILES string of the molecule is COC(=O)CC[C@@H]1CN(Cc2ccc(O)cc2)CC[C@@H]1N1CCN(c2ccccc2F)CC1. The average Bonchev–Trinajstić information content (AvgIpc) is 2.84. The van der Waals surface area contributed by atoms with Gasteiger partial charge in [0.15, 0.2) is 0 Å². The predicted octanol–water partition coefficient (Wildman–Crippen LogP) is 3.50. The molecule has 0 saturated carbocycles. The number of carbonyl (C=O) groups excluding carboxylic acids is 1. The van der Waals surface area contributed by atoms with Gasteiger partial charge in [0.2, 0.25) is 0 Å². The summed E-state index contributed by atoms with van der Waals surface area (Å²) in [6.07, 6.45) is 2.28. The van der Waals surface area contributed by atoms with Gasteiger partial charge in [-0.05, 0) is 55.1 Å². The Bertz CT molecular complexity index is 915. The van der Waals surface area contributed by atoms with Gasteiger partial charge in [-0.2, -0.15) is 0 Å². The number of nitrogens with zero attached hydrogens (tertiary/aromatic N) is 3. The molecule has 1 N–H and O–H groups in total.